The number of piperidine rings is 1. The second-order valence-electron chi connectivity index (χ2n) is 8.90. The van der Waals surface area contributed by atoms with Crippen molar-refractivity contribution < 1.29 is 14.3 Å². The van der Waals surface area contributed by atoms with E-state index in [0.717, 1.165) is 35.5 Å². The van der Waals surface area contributed by atoms with Gasteiger partial charge in [-0.1, -0.05) is 23.8 Å². The zero-order valence-corrected chi connectivity index (χ0v) is 19.8. The quantitative estimate of drug-likeness (QED) is 0.476. The number of rotatable bonds is 8. The van der Waals surface area contributed by atoms with E-state index >= 15 is 0 Å². The third kappa shape index (κ3) is 4.96. The lowest BCUT2D eigenvalue weighted by Crippen LogP contribution is -2.34. The van der Waals surface area contributed by atoms with Gasteiger partial charge in [0.1, 0.15) is 5.70 Å². The van der Waals surface area contributed by atoms with Crippen LogP contribution >= 0.6 is 0 Å². The molecular weight excluding hydrogens is 414 g/mol. The normalized spacial score (nSPS) is 16.7. The molecule has 4 rings (SSSR count). The second-order valence-corrected chi connectivity index (χ2v) is 8.90. The molecule has 1 fully saturated rings. The summed E-state index contributed by atoms with van der Waals surface area (Å²) in [6.45, 7) is 6.99. The number of ether oxygens (including phenoxy) is 1. The van der Waals surface area contributed by atoms with Gasteiger partial charge in [0.05, 0.1) is 5.57 Å². The van der Waals surface area contributed by atoms with Crippen LogP contribution in [0.2, 0.25) is 0 Å². The minimum absolute atomic E-state index is 0.254. The molecule has 0 atom stereocenters. The smallest absolute Gasteiger partial charge is 0.278 e. The number of aryl methyl sites for hydroxylation is 2. The van der Waals surface area contributed by atoms with Gasteiger partial charge in [-0.15, -0.1) is 0 Å². The molecule has 2 heterocycles. The summed E-state index contributed by atoms with van der Waals surface area (Å²) < 4.78 is 5.12. The van der Waals surface area contributed by atoms with E-state index in [1.807, 2.05) is 44.2 Å². The van der Waals surface area contributed by atoms with Gasteiger partial charge in [0.15, 0.2) is 0 Å². The summed E-state index contributed by atoms with van der Waals surface area (Å²) in [6.07, 6.45) is 4.35. The highest BCUT2D eigenvalue weighted by atomic mass is 16.5. The molecule has 2 aliphatic heterocycles. The third-order valence-corrected chi connectivity index (χ3v) is 6.41. The molecule has 0 unspecified atom stereocenters. The largest absolute Gasteiger partial charge is 0.385 e. The Morgan fingerprint density at radius 2 is 1.67 bits per heavy atom. The molecule has 0 aromatic heterocycles. The van der Waals surface area contributed by atoms with Gasteiger partial charge >= 0.3 is 0 Å². The first-order valence-electron chi connectivity index (χ1n) is 11.8. The van der Waals surface area contributed by atoms with Crippen LogP contribution in [0.4, 0.5) is 11.4 Å². The predicted octanol–water partition coefficient (Wildman–Crippen LogP) is 4.52. The maximum absolute atomic E-state index is 13.4. The van der Waals surface area contributed by atoms with Crippen molar-refractivity contribution in [3.8, 4) is 0 Å². The Labute approximate surface area is 196 Å². The molecule has 0 aliphatic carbocycles. The van der Waals surface area contributed by atoms with Crippen LogP contribution in [0.1, 0.15) is 42.4 Å². The summed E-state index contributed by atoms with van der Waals surface area (Å²) in [6, 6.07) is 14.1. The number of hydrogen-bond donors (Lipinski definition) is 1. The lowest BCUT2D eigenvalue weighted by atomic mass is 9.97. The minimum atomic E-state index is -0.286. The van der Waals surface area contributed by atoms with Gasteiger partial charge in [-0.2, -0.15) is 0 Å². The van der Waals surface area contributed by atoms with E-state index in [1.54, 1.807) is 7.11 Å². The Kier molecular flexibility index (Phi) is 7.14. The van der Waals surface area contributed by atoms with Gasteiger partial charge in [-0.25, -0.2) is 0 Å². The summed E-state index contributed by atoms with van der Waals surface area (Å²) in [5, 5.41) is 3.28. The number of hydrogen-bond acceptors (Lipinski definition) is 5. The van der Waals surface area contributed by atoms with Crippen molar-refractivity contribution >= 4 is 28.8 Å². The zero-order chi connectivity index (χ0) is 23.4. The fourth-order valence-corrected chi connectivity index (χ4v) is 4.66. The number of methoxy groups -OCH3 is 1. The van der Waals surface area contributed by atoms with Crippen molar-refractivity contribution in [2.45, 2.75) is 39.5 Å². The molecule has 0 spiro atoms. The highest BCUT2D eigenvalue weighted by Crippen LogP contribution is 2.33. The van der Waals surface area contributed by atoms with Crippen molar-refractivity contribution in [3.63, 3.8) is 0 Å². The summed E-state index contributed by atoms with van der Waals surface area (Å²) in [5.41, 5.74) is 5.66. The van der Waals surface area contributed by atoms with Crippen molar-refractivity contribution in [2.24, 2.45) is 0 Å². The molecule has 33 heavy (non-hydrogen) atoms. The molecule has 1 saturated heterocycles. The lowest BCUT2D eigenvalue weighted by Gasteiger charge is -2.28. The Bertz CT molecular complexity index is 1050. The van der Waals surface area contributed by atoms with Crippen molar-refractivity contribution in [2.75, 3.05) is 43.6 Å². The van der Waals surface area contributed by atoms with Crippen LogP contribution in [-0.2, 0) is 14.3 Å². The fraction of sp³-hybridized carbons (Fsp3) is 0.407. The topological polar surface area (TPSA) is 61.9 Å². The van der Waals surface area contributed by atoms with E-state index in [0.29, 0.717) is 30.8 Å². The zero-order valence-electron chi connectivity index (χ0n) is 19.8. The standard InChI is InChI=1S/C27H33N3O3/c1-19-8-13-23(20(2)18-19)24-25(27(32)30(26(24)31)16-7-17-33-3)28-21-9-11-22(12-10-21)29-14-5-4-6-15-29/h8-13,18,28H,4-7,14-17H2,1-3H3. The number of benzene rings is 2. The number of anilines is 2. The lowest BCUT2D eigenvalue weighted by molar-refractivity contribution is -0.137. The van der Waals surface area contributed by atoms with Gasteiger partial charge < -0.3 is 15.0 Å². The highest BCUT2D eigenvalue weighted by Gasteiger charge is 2.39. The molecule has 0 bridgehead atoms. The fourth-order valence-electron chi connectivity index (χ4n) is 4.66. The van der Waals surface area contributed by atoms with Crippen molar-refractivity contribution in [1.29, 1.82) is 0 Å². The van der Waals surface area contributed by atoms with Gasteiger partial charge in [-0.05, 0) is 74.9 Å². The summed E-state index contributed by atoms with van der Waals surface area (Å²) in [7, 11) is 1.62. The average Bonchev–Trinajstić information content (AvgIpc) is 3.04. The number of carbonyl (C=O) groups excluding carboxylic acids is 2. The molecule has 6 nitrogen and oxygen atoms in total. The van der Waals surface area contributed by atoms with Crippen LogP contribution in [0.15, 0.2) is 48.2 Å². The van der Waals surface area contributed by atoms with Gasteiger partial charge in [0.2, 0.25) is 0 Å². The second kappa shape index (κ2) is 10.2. The molecule has 2 aromatic rings. The molecule has 6 heteroatoms. The van der Waals surface area contributed by atoms with E-state index in [1.165, 1.54) is 29.8 Å². The van der Waals surface area contributed by atoms with E-state index < -0.39 is 0 Å². The monoisotopic (exact) mass is 447 g/mol. The highest BCUT2D eigenvalue weighted by molar-refractivity contribution is 6.36. The molecule has 2 aliphatic rings. The van der Waals surface area contributed by atoms with Gasteiger partial charge in [0, 0.05) is 44.7 Å². The molecule has 2 aromatic carbocycles. The molecular formula is C27H33N3O3. The minimum Gasteiger partial charge on any atom is -0.385 e. The number of imide groups is 1. The predicted molar refractivity (Wildman–Crippen MR) is 132 cm³/mol. The van der Waals surface area contributed by atoms with Crippen LogP contribution in [0.5, 0.6) is 0 Å². The van der Waals surface area contributed by atoms with E-state index in [4.69, 9.17) is 4.74 Å². The summed E-state index contributed by atoms with van der Waals surface area (Å²) in [4.78, 5) is 30.4. The molecule has 1 N–H and O–H groups in total. The van der Waals surface area contributed by atoms with Gasteiger partial charge in [-0.3, -0.25) is 14.5 Å². The number of nitrogens with one attached hydrogen (secondary N) is 1. The number of amides is 2. The average molecular weight is 448 g/mol. The van der Waals surface area contributed by atoms with Crippen LogP contribution in [0, 0.1) is 13.8 Å². The van der Waals surface area contributed by atoms with Crippen molar-refractivity contribution in [1.82, 2.24) is 4.90 Å². The Morgan fingerprint density at radius 1 is 0.939 bits per heavy atom. The van der Waals surface area contributed by atoms with Gasteiger partial charge in [0.25, 0.3) is 11.8 Å². The Hall–Kier alpha value is -3.12. The van der Waals surface area contributed by atoms with E-state index in [2.05, 4.69) is 22.3 Å². The molecule has 0 radical (unpaired) electrons. The SMILES string of the molecule is COCCCN1C(=O)C(Nc2ccc(N3CCCCC3)cc2)=C(c2ccc(C)cc2C)C1=O. The van der Waals surface area contributed by atoms with E-state index in [9.17, 15) is 9.59 Å². The maximum Gasteiger partial charge on any atom is 0.278 e. The van der Waals surface area contributed by atoms with Crippen LogP contribution < -0.4 is 10.2 Å². The van der Waals surface area contributed by atoms with Crippen molar-refractivity contribution in [3.05, 3.63) is 64.9 Å². The first-order valence-corrected chi connectivity index (χ1v) is 11.8. The Balaban J connectivity index is 1.64. The number of nitrogens with zero attached hydrogens (tertiary/aromatic N) is 2. The summed E-state index contributed by atoms with van der Waals surface area (Å²) >= 11 is 0. The van der Waals surface area contributed by atoms with E-state index in [-0.39, 0.29) is 11.8 Å². The first-order chi connectivity index (χ1) is 16.0. The van der Waals surface area contributed by atoms with Crippen LogP contribution in [-0.4, -0.2) is 50.1 Å². The Morgan fingerprint density at radius 3 is 2.33 bits per heavy atom. The number of carbonyl (C=O) groups is 2. The van der Waals surface area contributed by atoms with Crippen LogP contribution in [0.25, 0.3) is 5.57 Å². The van der Waals surface area contributed by atoms with Crippen LogP contribution in [0.3, 0.4) is 0 Å². The molecule has 2 amide bonds. The first kappa shape index (κ1) is 23.1. The maximum atomic E-state index is 13.4. The third-order valence-electron chi connectivity index (χ3n) is 6.41. The molecule has 174 valence electrons. The summed E-state index contributed by atoms with van der Waals surface area (Å²) in [5.74, 6) is -0.540. The molecule has 0 saturated carbocycles.